The molecule has 1 N–H and O–H groups in total. The molecule has 1 fully saturated rings. The van der Waals surface area contributed by atoms with Crippen LogP contribution in [0.3, 0.4) is 0 Å². The van der Waals surface area contributed by atoms with Crippen molar-refractivity contribution in [3.05, 3.63) is 54.1 Å². The van der Waals surface area contributed by atoms with E-state index in [1.807, 2.05) is 23.1 Å². The largest absolute Gasteiger partial charge is 0.341 e. The molecule has 7 nitrogen and oxygen atoms in total. The maximum Gasteiger partial charge on any atom is 0.222 e. The predicted octanol–water partition coefficient (Wildman–Crippen LogP) is 2.59. The minimum atomic E-state index is 0.290. The first-order chi connectivity index (χ1) is 13.7. The Morgan fingerprint density at radius 2 is 1.89 bits per heavy atom. The van der Waals surface area contributed by atoms with E-state index in [4.69, 9.17) is 0 Å². The van der Waals surface area contributed by atoms with Gasteiger partial charge in [-0.15, -0.1) is 10.2 Å². The van der Waals surface area contributed by atoms with Crippen LogP contribution in [0.15, 0.2) is 48.5 Å². The molecule has 28 heavy (non-hydrogen) atoms. The van der Waals surface area contributed by atoms with Crippen LogP contribution in [0.4, 0.5) is 0 Å². The van der Waals surface area contributed by atoms with Gasteiger partial charge in [0.15, 0.2) is 0 Å². The first-order valence-corrected chi connectivity index (χ1v) is 9.59. The molecule has 0 atom stereocenters. The van der Waals surface area contributed by atoms with Crippen molar-refractivity contribution in [3.8, 4) is 22.5 Å². The quantitative estimate of drug-likeness (QED) is 0.686. The van der Waals surface area contributed by atoms with E-state index >= 15 is 0 Å². The van der Waals surface area contributed by atoms with Gasteiger partial charge in [0.1, 0.15) is 0 Å². The number of amides is 1. The zero-order chi connectivity index (χ0) is 19.3. The molecule has 144 valence electrons. The lowest BCUT2D eigenvalue weighted by Crippen LogP contribution is -2.33. The molecule has 7 heteroatoms. The van der Waals surface area contributed by atoms with Gasteiger partial charge in [-0.05, 0) is 35.4 Å². The van der Waals surface area contributed by atoms with Gasteiger partial charge in [0, 0.05) is 38.2 Å². The molecule has 2 aromatic carbocycles. The highest BCUT2D eigenvalue weighted by Crippen LogP contribution is 2.29. The van der Waals surface area contributed by atoms with Crippen LogP contribution in [-0.2, 0) is 11.3 Å². The molecule has 0 saturated carbocycles. The molecular formula is C21H24N6O. The molecule has 0 spiro atoms. The number of aromatic amines is 1. The molecule has 1 aromatic heterocycles. The van der Waals surface area contributed by atoms with Crippen molar-refractivity contribution in [2.45, 2.75) is 19.4 Å². The van der Waals surface area contributed by atoms with Crippen molar-refractivity contribution in [2.24, 2.45) is 0 Å². The molecule has 0 aliphatic carbocycles. The summed E-state index contributed by atoms with van der Waals surface area (Å²) in [6.45, 7) is 3.45. The number of nitrogens with zero attached hydrogens (tertiary/aromatic N) is 5. The Morgan fingerprint density at radius 1 is 1.11 bits per heavy atom. The summed E-state index contributed by atoms with van der Waals surface area (Å²) in [7, 11) is 2.10. The average molecular weight is 376 g/mol. The van der Waals surface area contributed by atoms with E-state index in [2.05, 4.69) is 62.9 Å². The third-order valence-electron chi connectivity index (χ3n) is 5.15. The highest BCUT2D eigenvalue weighted by molar-refractivity contribution is 5.80. The number of benzene rings is 2. The summed E-state index contributed by atoms with van der Waals surface area (Å²) < 4.78 is 0. The second-order valence-corrected chi connectivity index (χ2v) is 7.20. The number of tetrazole rings is 1. The molecule has 1 aliphatic rings. The number of likely N-dealkylation sites (N-methyl/N-ethyl adjacent to an activating group) is 1. The van der Waals surface area contributed by atoms with Gasteiger partial charge in [0.2, 0.25) is 11.7 Å². The molecule has 3 aromatic rings. The third kappa shape index (κ3) is 4.09. The zero-order valence-corrected chi connectivity index (χ0v) is 16.0. The fraction of sp³-hybridized carbons (Fsp3) is 0.333. The van der Waals surface area contributed by atoms with Gasteiger partial charge in [0.25, 0.3) is 0 Å². The second-order valence-electron chi connectivity index (χ2n) is 7.20. The van der Waals surface area contributed by atoms with Gasteiger partial charge in [-0.25, -0.2) is 0 Å². The molecular weight excluding hydrogens is 352 g/mol. The molecule has 1 saturated heterocycles. The van der Waals surface area contributed by atoms with Crippen LogP contribution in [0.2, 0.25) is 0 Å². The van der Waals surface area contributed by atoms with Crippen molar-refractivity contribution in [1.82, 2.24) is 30.4 Å². The van der Waals surface area contributed by atoms with Crippen LogP contribution in [0.25, 0.3) is 22.5 Å². The van der Waals surface area contributed by atoms with Gasteiger partial charge in [-0.2, -0.15) is 5.21 Å². The average Bonchev–Trinajstić information content (AvgIpc) is 3.39. The smallest absolute Gasteiger partial charge is 0.222 e. The third-order valence-corrected chi connectivity index (χ3v) is 5.15. The number of aromatic nitrogens is 4. The lowest BCUT2D eigenvalue weighted by Gasteiger charge is -2.21. The summed E-state index contributed by atoms with van der Waals surface area (Å²) in [4.78, 5) is 15.9. The van der Waals surface area contributed by atoms with Crippen molar-refractivity contribution >= 4 is 5.91 Å². The number of rotatable bonds is 7. The Morgan fingerprint density at radius 3 is 2.57 bits per heavy atom. The minimum absolute atomic E-state index is 0.290. The second kappa shape index (κ2) is 8.31. The van der Waals surface area contributed by atoms with E-state index in [9.17, 15) is 4.79 Å². The maximum atomic E-state index is 11.7. The number of nitrogens with one attached hydrogen (secondary N) is 1. The highest BCUT2D eigenvalue weighted by Gasteiger charge is 2.19. The van der Waals surface area contributed by atoms with Crippen molar-refractivity contribution < 1.29 is 4.79 Å². The van der Waals surface area contributed by atoms with Crippen LogP contribution in [0, 0.1) is 0 Å². The number of carbonyl (C=O) groups excluding carboxylic acids is 1. The number of carbonyl (C=O) groups is 1. The molecule has 1 aliphatic heterocycles. The first kappa shape index (κ1) is 18.3. The van der Waals surface area contributed by atoms with Gasteiger partial charge < -0.3 is 9.80 Å². The summed E-state index contributed by atoms with van der Waals surface area (Å²) in [5, 5.41) is 14.4. The highest BCUT2D eigenvalue weighted by atomic mass is 16.2. The zero-order valence-electron chi connectivity index (χ0n) is 16.0. The lowest BCUT2D eigenvalue weighted by molar-refractivity contribution is -0.127. The van der Waals surface area contributed by atoms with Crippen molar-refractivity contribution in [2.75, 3.05) is 26.7 Å². The van der Waals surface area contributed by atoms with Gasteiger partial charge >= 0.3 is 0 Å². The molecule has 0 radical (unpaired) electrons. The predicted molar refractivity (Wildman–Crippen MR) is 107 cm³/mol. The maximum absolute atomic E-state index is 11.7. The van der Waals surface area contributed by atoms with E-state index in [-0.39, 0.29) is 5.91 Å². The van der Waals surface area contributed by atoms with Crippen molar-refractivity contribution in [1.29, 1.82) is 0 Å². The fourth-order valence-electron chi connectivity index (χ4n) is 3.62. The number of hydrogen-bond donors (Lipinski definition) is 1. The number of likely N-dealkylation sites (tertiary alicyclic amines) is 1. The summed E-state index contributed by atoms with van der Waals surface area (Å²) in [6, 6.07) is 16.6. The van der Waals surface area contributed by atoms with E-state index in [0.29, 0.717) is 12.2 Å². The molecule has 1 amide bonds. The standard InChI is InChI=1S/C21H24N6O/c1-26(13-14-27-12-4-7-20(27)28)15-16-8-10-17(11-9-16)18-5-2-3-6-19(18)21-22-24-25-23-21/h2-3,5-6,8-11H,4,7,12-15H2,1H3,(H,22,23,24,25). The first-order valence-electron chi connectivity index (χ1n) is 9.59. The molecule has 0 bridgehead atoms. The van der Waals surface area contributed by atoms with Gasteiger partial charge in [0.05, 0.1) is 0 Å². The Balaban J connectivity index is 1.41. The van der Waals surface area contributed by atoms with E-state index in [0.717, 1.165) is 49.3 Å². The molecule has 2 heterocycles. The van der Waals surface area contributed by atoms with Crippen molar-refractivity contribution in [3.63, 3.8) is 0 Å². The topological polar surface area (TPSA) is 78.0 Å². The molecule has 0 unspecified atom stereocenters. The van der Waals surface area contributed by atoms with Crippen LogP contribution >= 0.6 is 0 Å². The normalized spacial score (nSPS) is 14.2. The Bertz CT molecular complexity index is 922. The Kier molecular flexibility index (Phi) is 5.43. The minimum Gasteiger partial charge on any atom is -0.341 e. The summed E-state index contributed by atoms with van der Waals surface area (Å²) in [5.41, 5.74) is 4.40. The monoisotopic (exact) mass is 376 g/mol. The van der Waals surface area contributed by atoms with Gasteiger partial charge in [-0.3, -0.25) is 4.79 Å². The Hall–Kier alpha value is -3.06. The molecule has 4 rings (SSSR count). The number of hydrogen-bond acceptors (Lipinski definition) is 5. The van der Waals surface area contributed by atoms with Crippen LogP contribution in [0.5, 0.6) is 0 Å². The summed E-state index contributed by atoms with van der Waals surface area (Å²) in [6.07, 6.45) is 1.70. The van der Waals surface area contributed by atoms with E-state index in [1.165, 1.54) is 5.56 Å². The fourth-order valence-corrected chi connectivity index (χ4v) is 3.62. The number of H-pyrrole nitrogens is 1. The summed E-state index contributed by atoms with van der Waals surface area (Å²) in [5.74, 6) is 0.883. The van der Waals surface area contributed by atoms with Gasteiger partial charge in [-0.1, -0.05) is 48.5 Å². The Labute approximate surface area is 164 Å². The summed E-state index contributed by atoms with van der Waals surface area (Å²) >= 11 is 0. The van der Waals surface area contributed by atoms with Crippen LogP contribution in [0.1, 0.15) is 18.4 Å². The lowest BCUT2D eigenvalue weighted by atomic mass is 9.98. The van der Waals surface area contributed by atoms with E-state index < -0.39 is 0 Å². The van der Waals surface area contributed by atoms with Crippen LogP contribution in [-0.4, -0.2) is 63.0 Å². The van der Waals surface area contributed by atoms with E-state index in [1.54, 1.807) is 0 Å². The van der Waals surface area contributed by atoms with Crippen LogP contribution < -0.4 is 0 Å². The SMILES string of the molecule is CN(CCN1CCCC1=O)Cc1ccc(-c2ccccc2-c2nn[nH]n2)cc1.